The van der Waals surface area contributed by atoms with Gasteiger partial charge in [-0.2, -0.15) is 0 Å². The van der Waals surface area contributed by atoms with Gasteiger partial charge in [0.1, 0.15) is 5.82 Å². The number of hydrogen-bond donors (Lipinski definition) is 2. The van der Waals surface area contributed by atoms with Gasteiger partial charge in [-0.3, -0.25) is 9.69 Å². The van der Waals surface area contributed by atoms with Gasteiger partial charge in [-0.15, -0.1) is 0 Å². The van der Waals surface area contributed by atoms with Crippen molar-refractivity contribution in [1.82, 2.24) is 10.2 Å². The van der Waals surface area contributed by atoms with Crippen LogP contribution >= 0.6 is 0 Å². The largest absolute Gasteiger partial charge is 0.378 e. The molecular formula is C19H27FN2O2. The number of carbonyl (C=O) groups is 1. The Morgan fingerprint density at radius 3 is 2.50 bits per heavy atom. The maximum atomic E-state index is 13.8. The summed E-state index contributed by atoms with van der Waals surface area (Å²) in [5, 5.41) is 13.1. The van der Waals surface area contributed by atoms with Crippen molar-refractivity contribution in [2.75, 3.05) is 19.6 Å². The number of nitrogens with one attached hydrogen (secondary N) is 1. The Balaban J connectivity index is 1.64. The number of likely N-dealkylation sites (tertiary alicyclic amines) is 1. The van der Waals surface area contributed by atoms with Crippen molar-refractivity contribution in [2.24, 2.45) is 0 Å². The Bertz CT molecular complexity index is 566. The molecule has 1 saturated heterocycles. The van der Waals surface area contributed by atoms with Gasteiger partial charge in [0, 0.05) is 17.6 Å². The molecule has 0 bridgehead atoms. The van der Waals surface area contributed by atoms with Crippen LogP contribution in [0.2, 0.25) is 0 Å². The van der Waals surface area contributed by atoms with E-state index in [0.29, 0.717) is 6.54 Å². The molecule has 5 heteroatoms. The highest BCUT2D eigenvalue weighted by Crippen LogP contribution is 2.36. The van der Waals surface area contributed by atoms with Crippen LogP contribution in [0.15, 0.2) is 24.3 Å². The first-order valence-corrected chi connectivity index (χ1v) is 9.08. The zero-order valence-corrected chi connectivity index (χ0v) is 14.1. The number of hydrogen-bond acceptors (Lipinski definition) is 3. The molecule has 0 aromatic heterocycles. The molecule has 1 aliphatic heterocycles. The first-order chi connectivity index (χ1) is 11.6. The highest BCUT2D eigenvalue weighted by atomic mass is 19.1. The lowest BCUT2D eigenvalue weighted by Gasteiger charge is -2.43. The molecule has 2 N–H and O–H groups in total. The summed E-state index contributed by atoms with van der Waals surface area (Å²) in [6.45, 7) is 2.72. The van der Waals surface area contributed by atoms with Gasteiger partial charge in [-0.25, -0.2) is 4.39 Å². The number of aliphatic hydroxyl groups is 1. The fourth-order valence-corrected chi connectivity index (χ4v) is 4.19. The number of carbonyl (C=O) groups excluding carboxylic acids is 1. The molecule has 0 radical (unpaired) electrons. The minimum absolute atomic E-state index is 0.0189. The van der Waals surface area contributed by atoms with E-state index in [-0.39, 0.29) is 11.1 Å². The van der Waals surface area contributed by atoms with Crippen LogP contribution in [-0.4, -0.2) is 41.1 Å². The maximum Gasteiger partial charge on any atom is 0.253 e. The molecule has 132 valence electrons. The van der Waals surface area contributed by atoms with Crippen LogP contribution in [0, 0.1) is 5.82 Å². The molecular weight excluding hydrogens is 307 g/mol. The predicted molar refractivity (Wildman–Crippen MR) is 91.0 cm³/mol. The molecule has 0 unspecified atom stereocenters. The van der Waals surface area contributed by atoms with E-state index in [1.54, 1.807) is 12.1 Å². The second-order valence-corrected chi connectivity index (χ2v) is 7.12. The summed E-state index contributed by atoms with van der Waals surface area (Å²) >= 11 is 0. The standard InChI is InChI=1S/C19H27FN2O2/c20-16-9-3-2-8-15(16)17(23)18(24)21-14-19(10-4-5-11-19)22-12-6-1-7-13-22/h2-3,8-9,17,23H,1,4-7,10-14H2,(H,21,24)/t17-/m1/s1. The maximum absolute atomic E-state index is 13.8. The van der Waals surface area contributed by atoms with Crippen molar-refractivity contribution in [3.05, 3.63) is 35.6 Å². The number of benzene rings is 1. The fraction of sp³-hybridized carbons (Fsp3) is 0.632. The van der Waals surface area contributed by atoms with E-state index in [2.05, 4.69) is 10.2 Å². The topological polar surface area (TPSA) is 52.6 Å². The summed E-state index contributed by atoms with van der Waals surface area (Å²) in [6.07, 6.45) is 6.80. The lowest BCUT2D eigenvalue weighted by atomic mass is 9.92. The molecule has 1 aromatic rings. The van der Waals surface area contributed by atoms with Crippen LogP contribution in [0.25, 0.3) is 0 Å². The molecule has 2 fully saturated rings. The Labute approximate surface area is 143 Å². The summed E-state index contributed by atoms with van der Waals surface area (Å²) in [7, 11) is 0. The molecule has 1 amide bonds. The first kappa shape index (κ1) is 17.4. The van der Waals surface area contributed by atoms with Gasteiger partial charge in [0.2, 0.25) is 0 Å². The molecule has 2 aliphatic rings. The van der Waals surface area contributed by atoms with Crippen molar-refractivity contribution in [2.45, 2.75) is 56.6 Å². The quantitative estimate of drug-likeness (QED) is 0.871. The van der Waals surface area contributed by atoms with Crippen molar-refractivity contribution in [3.8, 4) is 0 Å². The van der Waals surface area contributed by atoms with E-state index in [4.69, 9.17) is 0 Å². The Morgan fingerprint density at radius 2 is 1.83 bits per heavy atom. The number of piperidine rings is 1. The Kier molecular flexibility index (Phi) is 5.51. The van der Waals surface area contributed by atoms with Crippen LogP contribution in [0.3, 0.4) is 0 Å². The van der Waals surface area contributed by atoms with Crippen LogP contribution in [0.4, 0.5) is 4.39 Å². The summed E-state index contributed by atoms with van der Waals surface area (Å²) in [6, 6.07) is 5.89. The average molecular weight is 334 g/mol. The van der Waals surface area contributed by atoms with Gasteiger partial charge in [-0.05, 0) is 44.8 Å². The van der Waals surface area contributed by atoms with E-state index >= 15 is 0 Å². The monoisotopic (exact) mass is 334 g/mol. The molecule has 1 heterocycles. The van der Waals surface area contributed by atoms with Gasteiger partial charge in [0.05, 0.1) is 0 Å². The van der Waals surface area contributed by atoms with E-state index in [0.717, 1.165) is 25.9 Å². The SMILES string of the molecule is O=C(NCC1(N2CCCCC2)CCCC1)[C@H](O)c1ccccc1F. The van der Waals surface area contributed by atoms with Crippen LogP contribution in [-0.2, 0) is 4.79 Å². The van der Waals surface area contributed by atoms with Crippen molar-refractivity contribution < 1.29 is 14.3 Å². The number of amides is 1. The highest BCUT2D eigenvalue weighted by Gasteiger charge is 2.40. The lowest BCUT2D eigenvalue weighted by molar-refractivity contribution is -0.130. The zero-order valence-electron chi connectivity index (χ0n) is 14.1. The third kappa shape index (κ3) is 3.62. The van der Waals surface area contributed by atoms with Crippen LogP contribution in [0.1, 0.15) is 56.6 Å². The number of rotatable bonds is 5. The summed E-state index contributed by atoms with van der Waals surface area (Å²) in [5.41, 5.74) is 0.0545. The molecule has 1 aliphatic carbocycles. The van der Waals surface area contributed by atoms with E-state index < -0.39 is 17.8 Å². The van der Waals surface area contributed by atoms with E-state index in [1.165, 1.54) is 44.2 Å². The zero-order chi connectivity index (χ0) is 17.0. The summed E-state index contributed by atoms with van der Waals surface area (Å²) < 4.78 is 13.8. The Hall–Kier alpha value is -1.46. The second-order valence-electron chi connectivity index (χ2n) is 7.12. The van der Waals surface area contributed by atoms with Gasteiger partial charge in [0.25, 0.3) is 5.91 Å². The molecule has 3 rings (SSSR count). The normalized spacial score (nSPS) is 22.2. The van der Waals surface area contributed by atoms with Crippen molar-refractivity contribution >= 4 is 5.91 Å². The van der Waals surface area contributed by atoms with E-state index in [1.807, 2.05) is 0 Å². The molecule has 1 aromatic carbocycles. The molecule has 24 heavy (non-hydrogen) atoms. The fourth-order valence-electron chi connectivity index (χ4n) is 4.19. The average Bonchev–Trinajstić information content (AvgIpc) is 3.10. The van der Waals surface area contributed by atoms with Crippen LogP contribution < -0.4 is 5.32 Å². The summed E-state index contributed by atoms with van der Waals surface area (Å²) in [4.78, 5) is 14.9. The number of nitrogens with zero attached hydrogens (tertiary/aromatic N) is 1. The highest BCUT2D eigenvalue weighted by molar-refractivity contribution is 5.82. The number of aliphatic hydroxyl groups excluding tert-OH is 1. The second kappa shape index (κ2) is 7.62. The third-order valence-corrected chi connectivity index (χ3v) is 5.60. The van der Waals surface area contributed by atoms with Gasteiger partial charge >= 0.3 is 0 Å². The van der Waals surface area contributed by atoms with Gasteiger partial charge in [-0.1, -0.05) is 37.5 Å². The summed E-state index contributed by atoms with van der Waals surface area (Å²) in [5.74, 6) is -1.06. The lowest BCUT2D eigenvalue weighted by Crippen LogP contribution is -2.56. The van der Waals surface area contributed by atoms with E-state index in [9.17, 15) is 14.3 Å². The van der Waals surface area contributed by atoms with Gasteiger partial charge in [0.15, 0.2) is 6.10 Å². The predicted octanol–water partition coefficient (Wildman–Crippen LogP) is 2.77. The van der Waals surface area contributed by atoms with Gasteiger partial charge < -0.3 is 10.4 Å². The van der Waals surface area contributed by atoms with Crippen molar-refractivity contribution in [1.29, 1.82) is 0 Å². The first-order valence-electron chi connectivity index (χ1n) is 9.08. The minimum Gasteiger partial charge on any atom is -0.378 e. The molecule has 4 nitrogen and oxygen atoms in total. The molecule has 1 saturated carbocycles. The minimum atomic E-state index is -1.45. The third-order valence-electron chi connectivity index (χ3n) is 5.60. The molecule has 1 atom stereocenters. The van der Waals surface area contributed by atoms with Crippen LogP contribution in [0.5, 0.6) is 0 Å². The van der Waals surface area contributed by atoms with Crippen molar-refractivity contribution in [3.63, 3.8) is 0 Å². The number of halogens is 1. The Morgan fingerprint density at radius 1 is 1.17 bits per heavy atom. The smallest absolute Gasteiger partial charge is 0.253 e. The molecule has 0 spiro atoms.